The van der Waals surface area contributed by atoms with Crippen molar-refractivity contribution in [2.75, 3.05) is 6.61 Å². The number of aryl methyl sites for hydroxylation is 2. The zero-order valence-electron chi connectivity index (χ0n) is 20.1. The molecule has 2 aromatic rings. The number of hydrogen-bond donors (Lipinski definition) is 1. The summed E-state index contributed by atoms with van der Waals surface area (Å²) >= 11 is 5.98. The summed E-state index contributed by atoms with van der Waals surface area (Å²) in [5.41, 5.74) is 6.92. The summed E-state index contributed by atoms with van der Waals surface area (Å²) in [5, 5.41) is 3.99. The van der Waals surface area contributed by atoms with Crippen molar-refractivity contribution in [3.63, 3.8) is 0 Å². The zero-order chi connectivity index (χ0) is 24.4. The molecule has 0 aromatic heterocycles. The van der Waals surface area contributed by atoms with Crippen molar-refractivity contribution >= 4 is 23.4 Å². The highest BCUT2D eigenvalue weighted by atomic mass is 35.5. The Bertz CT molecular complexity index is 1190. The van der Waals surface area contributed by atoms with Crippen molar-refractivity contribution in [2.24, 2.45) is 0 Å². The Kier molecular flexibility index (Phi) is 7.13. The monoisotopic (exact) mass is 479 g/mol. The zero-order valence-corrected chi connectivity index (χ0v) is 20.8. The Labute approximate surface area is 205 Å². The molecule has 1 aliphatic carbocycles. The smallest absolute Gasteiger partial charge is 0.336 e. The van der Waals surface area contributed by atoms with E-state index in [4.69, 9.17) is 21.1 Å². The topological polar surface area (TPSA) is 64.6 Å². The molecule has 6 heteroatoms. The van der Waals surface area contributed by atoms with E-state index in [1.807, 2.05) is 32.9 Å². The van der Waals surface area contributed by atoms with Crippen molar-refractivity contribution < 1.29 is 19.1 Å². The van der Waals surface area contributed by atoms with Gasteiger partial charge in [0.05, 0.1) is 12.2 Å². The standard InChI is InChI=1S/C28H30ClNO4/c1-5-33-28(32)25-18(4)30-23-7-6-8-24(31)27(23)26(25)22-14-19(16(2)13-17(22)3)15-34-21-11-9-20(29)10-12-21/h9-14,26,30H,5-8,15H2,1-4H3/t26-/m1/s1. The van der Waals surface area contributed by atoms with E-state index in [9.17, 15) is 9.59 Å². The number of halogens is 1. The van der Waals surface area contributed by atoms with E-state index in [0.29, 0.717) is 29.2 Å². The number of dihydropyridines is 1. The van der Waals surface area contributed by atoms with Crippen LogP contribution in [0.4, 0.5) is 0 Å². The molecule has 178 valence electrons. The molecule has 4 rings (SSSR count). The van der Waals surface area contributed by atoms with Gasteiger partial charge in [-0.2, -0.15) is 0 Å². The summed E-state index contributed by atoms with van der Waals surface area (Å²) in [4.78, 5) is 26.2. The summed E-state index contributed by atoms with van der Waals surface area (Å²) in [6, 6.07) is 11.4. The molecule has 5 nitrogen and oxygen atoms in total. The fraction of sp³-hybridized carbons (Fsp3) is 0.357. The molecule has 1 aliphatic heterocycles. The molecule has 1 N–H and O–H groups in total. The fourth-order valence-electron chi connectivity index (χ4n) is 4.85. The van der Waals surface area contributed by atoms with Crippen molar-refractivity contribution in [2.45, 2.75) is 59.5 Å². The van der Waals surface area contributed by atoms with Crippen molar-refractivity contribution in [1.29, 1.82) is 0 Å². The molecule has 1 atom stereocenters. The third-order valence-electron chi connectivity index (χ3n) is 6.51. The SMILES string of the molecule is CCOC(=O)C1=C(C)NC2=C(C(=O)CCC2)[C@@H]1c1cc(COc2ccc(Cl)cc2)c(C)cc1C. The van der Waals surface area contributed by atoms with Gasteiger partial charge in [0.15, 0.2) is 5.78 Å². The predicted molar refractivity (Wildman–Crippen MR) is 133 cm³/mol. The number of Topliss-reactive ketones (excluding diaryl/α,β-unsaturated/α-hetero) is 1. The van der Waals surface area contributed by atoms with E-state index in [-0.39, 0.29) is 18.4 Å². The molecule has 0 fully saturated rings. The molecule has 1 heterocycles. The third-order valence-corrected chi connectivity index (χ3v) is 6.77. The number of hydrogen-bond acceptors (Lipinski definition) is 5. The van der Waals surface area contributed by atoms with E-state index in [2.05, 4.69) is 17.4 Å². The first-order valence-electron chi connectivity index (χ1n) is 11.7. The minimum Gasteiger partial charge on any atom is -0.489 e. The first-order valence-corrected chi connectivity index (χ1v) is 12.1. The molecule has 34 heavy (non-hydrogen) atoms. The second-order valence-electron chi connectivity index (χ2n) is 8.86. The molecule has 0 unspecified atom stereocenters. The lowest BCUT2D eigenvalue weighted by atomic mass is 9.73. The van der Waals surface area contributed by atoms with Crippen LogP contribution in [0.15, 0.2) is 58.9 Å². The average molecular weight is 480 g/mol. The fourth-order valence-corrected chi connectivity index (χ4v) is 4.97. The number of ether oxygens (including phenoxy) is 2. The average Bonchev–Trinajstić information content (AvgIpc) is 2.79. The van der Waals surface area contributed by atoms with Crippen LogP contribution in [-0.4, -0.2) is 18.4 Å². The Morgan fingerprint density at radius 3 is 2.53 bits per heavy atom. The molecule has 2 aliphatic rings. The van der Waals surface area contributed by atoms with Gasteiger partial charge in [0.2, 0.25) is 0 Å². The number of rotatable bonds is 6. The van der Waals surface area contributed by atoms with E-state index >= 15 is 0 Å². The number of carbonyl (C=O) groups excluding carboxylic acids is 2. The van der Waals surface area contributed by atoms with Gasteiger partial charge >= 0.3 is 5.97 Å². The summed E-state index contributed by atoms with van der Waals surface area (Å²) in [5.74, 6) is -0.0328. The maximum atomic E-state index is 13.1. The van der Waals surface area contributed by atoms with Crippen LogP contribution in [0.2, 0.25) is 5.02 Å². The number of allylic oxidation sites excluding steroid dienone is 3. The van der Waals surface area contributed by atoms with Gasteiger partial charge in [0, 0.05) is 34.3 Å². The number of carbonyl (C=O) groups is 2. The second-order valence-corrected chi connectivity index (χ2v) is 9.30. The molecular formula is C28H30ClNO4. The quantitative estimate of drug-likeness (QED) is 0.509. The van der Waals surface area contributed by atoms with Gasteiger partial charge in [0.25, 0.3) is 0 Å². The Hall–Kier alpha value is -3.05. The molecule has 2 aromatic carbocycles. The number of esters is 1. The van der Waals surface area contributed by atoms with Crippen LogP contribution in [-0.2, 0) is 20.9 Å². The summed E-state index contributed by atoms with van der Waals surface area (Å²) < 4.78 is 11.4. The molecular weight excluding hydrogens is 450 g/mol. The van der Waals surface area contributed by atoms with Gasteiger partial charge in [-0.15, -0.1) is 0 Å². The van der Waals surface area contributed by atoms with Crippen LogP contribution in [0, 0.1) is 13.8 Å². The van der Waals surface area contributed by atoms with Crippen molar-refractivity contribution in [1.82, 2.24) is 5.32 Å². The minimum atomic E-state index is -0.460. The molecule has 0 amide bonds. The lowest BCUT2D eigenvalue weighted by Crippen LogP contribution is -2.34. The number of nitrogens with one attached hydrogen (secondary N) is 1. The van der Waals surface area contributed by atoms with Gasteiger partial charge in [-0.05, 0) is 87.1 Å². The summed E-state index contributed by atoms with van der Waals surface area (Å²) in [6.45, 7) is 8.39. The van der Waals surface area contributed by atoms with E-state index in [1.165, 1.54) is 0 Å². The van der Waals surface area contributed by atoms with Crippen LogP contribution in [0.5, 0.6) is 5.75 Å². The Morgan fingerprint density at radius 1 is 1.09 bits per heavy atom. The van der Waals surface area contributed by atoms with Crippen LogP contribution in [0.25, 0.3) is 0 Å². The van der Waals surface area contributed by atoms with Crippen molar-refractivity contribution in [3.8, 4) is 5.75 Å². The van der Waals surface area contributed by atoms with Gasteiger partial charge in [-0.3, -0.25) is 4.79 Å². The first kappa shape index (κ1) is 24.1. The summed E-state index contributed by atoms with van der Waals surface area (Å²) in [6.07, 6.45) is 2.10. The molecule has 0 saturated carbocycles. The van der Waals surface area contributed by atoms with Crippen LogP contribution < -0.4 is 10.1 Å². The molecule has 0 spiro atoms. The van der Waals surface area contributed by atoms with Gasteiger partial charge in [-0.25, -0.2) is 4.79 Å². The third kappa shape index (κ3) is 4.76. The molecule has 0 saturated heterocycles. The van der Waals surface area contributed by atoms with E-state index in [1.54, 1.807) is 19.1 Å². The van der Waals surface area contributed by atoms with E-state index < -0.39 is 5.92 Å². The maximum absolute atomic E-state index is 13.1. The van der Waals surface area contributed by atoms with Crippen LogP contribution >= 0.6 is 11.6 Å². The van der Waals surface area contributed by atoms with Gasteiger partial charge in [-0.1, -0.05) is 23.7 Å². The number of benzene rings is 2. The molecule has 0 bridgehead atoms. The summed E-state index contributed by atoms with van der Waals surface area (Å²) in [7, 11) is 0. The first-order chi connectivity index (χ1) is 16.3. The van der Waals surface area contributed by atoms with Gasteiger partial charge < -0.3 is 14.8 Å². The second kappa shape index (κ2) is 10.1. The predicted octanol–water partition coefficient (Wildman–Crippen LogP) is 6.07. The van der Waals surface area contributed by atoms with Crippen LogP contribution in [0.1, 0.15) is 61.3 Å². The van der Waals surface area contributed by atoms with Gasteiger partial charge in [0.1, 0.15) is 12.4 Å². The van der Waals surface area contributed by atoms with Crippen LogP contribution in [0.3, 0.4) is 0 Å². The largest absolute Gasteiger partial charge is 0.489 e. The Morgan fingerprint density at radius 2 is 1.82 bits per heavy atom. The van der Waals surface area contributed by atoms with E-state index in [0.717, 1.165) is 52.2 Å². The lowest BCUT2D eigenvalue weighted by molar-refractivity contribution is -0.138. The lowest BCUT2D eigenvalue weighted by Gasteiger charge is -2.35. The normalized spacial score (nSPS) is 17.9. The minimum absolute atomic E-state index is 0.0898. The molecule has 0 radical (unpaired) electrons. The highest BCUT2D eigenvalue weighted by Gasteiger charge is 2.39. The number of ketones is 1. The van der Waals surface area contributed by atoms with Crippen molar-refractivity contribution in [3.05, 3.63) is 86.2 Å². The highest BCUT2D eigenvalue weighted by Crippen LogP contribution is 2.44. The maximum Gasteiger partial charge on any atom is 0.336 e. The Balaban J connectivity index is 1.78. The highest BCUT2D eigenvalue weighted by molar-refractivity contribution is 6.30.